The Morgan fingerprint density at radius 1 is 1.43 bits per heavy atom. The van der Waals surface area contributed by atoms with Gasteiger partial charge in [-0.25, -0.2) is 4.39 Å². The van der Waals surface area contributed by atoms with Crippen molar-refractivity contribution in [1.82, 2.24) is 4.90 Å². The van der Waals surface area contributed by atoms with Crippen molar-refractivity contribution in [1.29, 1.82) is 5.26 Å². The summed E-state index contributed by atoms with van der Waals surface area (Å²) in [5, 5.41) is 12.3. The molecule has 2 heterocycles. The van der Waals surface area contributed by atoms with Gasteiger partial charge in [-0.3, -0.25) is 4.90 Å². The molecule has 1 N–H and O–H groups in total. The van der Waals surface area contributed by atoms with Crippen LogP contribution in [0.4, 0.5) is 10.1 Å². The lowest BCUT2D eigenvalue weighted by atomic mass is 10.0. The van der Waals surface area contributed by atoms with E-state index in [0.717, 1.165) is 19.7 Å². The molecule has 0 unspecified atom stereocenters. The van der Waals surface area contributed by atoms with Gasteiger partial charge in [0, 0.05) is 19.1 Å². The first-order valence-corrected chi connectivity index (χ1v) is 7.55. The molecule has 2 fully saturated rings. The van der Waals surface area contributed by atoms with Crippen molar-refractivity contribution in [3.05, 3.63) is 29.6 Å². The van der Waals surface area contributed by atoms with Crippen LogP contribution in [0.3, 0.4) is 0 Å². The van der Waals surface area contributed by atoms with E-state index in [2.05, 4.69) is 10.2 Å². The fourth-order valence-electron chi connectivity index (χ4n) is 3.16. The fourth-order valence-corrected chi connectivity index (χ4v) is 3.16. The molecule has 5 heteroatoms. The van der Waals surface area contributed by atoms with Crippen LogP contribution in [-0.2, 0) is 4.74 Å². The number of benzene rings is 1. The van der Waals surface area contributed by atoms with Gasteiger partial charge in [-0.2, -0.15) is 5.26 Å². The minimum absolute atomic E-state index is 0.121. The molecule has 21 heavy (non-hydrogen) atoms. The van der Waals surface area contributed by atoms with Crippen LogP contribution in [0.2, 0.25) is 0 Å². The van der Waals surface area contributed by atoms with Crippen LogP contribution in [0.15, 0.2) is 18.2 Å². The van der Waals surface area contributed by atoms with Crippen LogP contribution in [-0.4, -0.2) is 43.3 Å². The van der Waals surface area contributed by atoms with Crippen LogP contribution in [0, 0.1) is 17.1 Å². The average Bonchev–Trinajstić information content (AvgIpc) is 2.53. The molecule has 0 aliphatic carbocycles. The largest absolute Gasteiger partial charge is 0.381 e. The normalized spacial score (nSPS) is 25.9. The number of halogens is 1. The molecule has 4 nitrogen and oxygen atoms in total. The predicted molar refractivity (Wildman–Crippen MR) is 78.6 cm³/mol. The highest BCUT2D eigenvalue weighted by molar-refractivity contribution is 5.57. The van der Waals surface area contributed by atoms with Crippen LogP contribution in [0.1, 0.15) is 24.8 Å². The number of hydrogen-bond acceptors (Lipinski definition) is 4. The number of nitrogens with zero attached hydrogens (tertiary/aromatic N) is 2. The van der Waals surface area contributed by atoms with Crippen molar-refractivity contribution in [3.8, 4) is 6.07 Å². The maximum atomic E-state index is 13.1. The van der Waals surface area contributed by atoms with E-state index in [4.69, 9.17) is 10.00 Å². The third-order valence-electron chi connectivity index (χ3n) is 4.33. The Kier molecular flexibility index (Phi) is 4.37. The number of hydrogen-bond donors (Lipinski definition) is 1. The lowest BCUT2D eigenvalue weighted by Gasteiger charge is -2.42. The second-order valence-corrected chi connectivity index (χ2v) is 5.78. The summed E-state index contributed by atoms with van der Waals surface area (Å²) in [7, 11) is 0. The van der Waals surface area contributed by atoms with E-state index < -0.39 is 0 Å². The summed E-state index contributed by atoms with van der Waals surface area (Å²) in [4.78, 5) is 2.51. The molecule has 0 amide bonds. The van der Waals surface area contributed by atoms with Crippen molar-refractivity contribution in [2.24, 2.45) is 0 Å². The monoisotopic (exact) mass is 289 g/mol. The molecule has 1 aromatic rings. The number of piperidine rings is 1. The lowest BCUT2D eigenvalue weighted by Crippen LogP contribution is -2.53. The Hall–Kier alpha value is -1.64. The van der Waals surface area contributed by atoms with Crippen molar-refractivity contribution in [2.75, 3.05) is 31.6 Å². The number of anilines is 1. The SMILES string of the molecule is N#Cc1cc(F)ccc1NC[C@@H]1CN2CCCC[C@H]2CO1. The second kappa shape index (κ2) is 6.42. The van der Waals surface area contributed by atoms with Crippen molar-refractivity contribution in [2.45, 2.75) is 31.4 Å². The zero-order valence-electron chi connectivity index (χ0n) is 12.0. The highest BCUT2D eigenvalue weighted by atomic mass is 19.1. The summed E-state index contributed by atoms with van der Waals surface area (Å²) in [6, 6.07) is 6.83. The summed E-state index contributed by atoms with van der Waals surface area (Å²) < 4.78 is 19.0. The number of nitriles is 1. The van der Waals surface area contributed by atoms with Gasteiger partial charge in [-0.15, -0.1) is 0 Å². The molecule has 2 aliphatic heterocycles. The molecule has 0 saturated carbocycles. The van der Waals surface area contributed by atoms with E-state index >= 15 is 0 Å². The van der Waals surface area contributed by atoms with E-state index in [0.29, 0.717) is 23.8 Å². The maximum absolute atomic E-state index is 13.1. The third-order valence-corrected chi connectivity index (χ3v) is 4.33. The van der Waals surface area contributed by atoms with Crippen LogP contribution in [0.25, 0.3) is 0 Å². The smallest absolute Gasteiger partial charge is 0.124 e. The number of ether oxygens (including phenoxy) is 1. The molecule has 0 radical (unpaired) electrons. The Balaban J connectivity index is 1.57. The first-order chi connectivity index (χ1) is 10.3. The van der Waals surface area contributed by atoms with E-state index in [1.165, 1.54) is 31.4 Å². The van der Waals surface area contributed by atoms with Gasteiger partial charge >= 0.3 is 0 Å². The minimum atomic E-state index is -0.387. The molecule has 2 aliphatic rings. The van der Waals surface area contributed by atoms with Gasteiger partial charge in [-0.05, 0) is 37.6 Å². The van der Waals surface area contributed by atoms with Gasteiger partial charge in [0.05, 0.1) is 24.0 Å². The third kappa shape index (κ3) is 3.34. The summed E-state index contributed by atoms with van der Waals surface area (Å²) >= 11 is 0. The zero-order chi connectivity index (χ0) is 14.7. The molecule has 2 atom stereocenters. The molecule has 0 aromatic heterocycles. The quantitative estimate of drug-likeness (QED) is 0.928. The molecule has 2 saturated heterocycles. The molecule has 0 spiro atoms. The Morgan fingerprint density at radius 3 is 3.19 bits per heavy atom. The van der Waals surface area contributed by atoms with Gasteiger partial charge in [0.2, 0.25) is 0 Å². The van der Waals surface area contributed by atoms with Gasteiger partial charge in [0.15, 0.2) is 0 Å². The Bertz CT molecular complexity index is 543. The van der Waals surface area contributed by atoms with Crippen molar-refractivity contribution in [3.63, 3.8) is 0 Å². The molecule has 112 valence electrons. The fraction of sp³-hybridized carbons (Fsp3) is 0.562. The Labute approximate surface area is 124 Å². The second-order valence-electron chi connectivity index (χ2n) is 5.78. The number of nitrogens with one attached hydrogen (secondary N) is 1. The summed E-state index contributed by atoms with van der Waals surface area (Å²) in [6.45, 7) is 3.52. The molecular formula is C16H20FN3O. The van der Waals surface area contributed by atoms with Gasteiger partial charge in [0.25, 0.3) is 0 Å². The van der Waals surface area contributed by atoms with Gasteiger partial charge in [0.1, 0.15) is 11.9 Å². The minimum Gasteiger partial charge on any atom is -0.381 e. The molecule has 1 aromatic carbocycles. The average molecular weight is 289 g/mol. The lowest BCUT2D eigenvalue weighted by molar-refractivity contribution is -0.0688. The van der Waals surface area contributed by atoms with Gasteiger partial charge in [-0.1, -0.05) is 6.42 Å². The summed E-state index contributed by atoms with van der Waals surface area (Å²) in [5.41, 5.74) is 1.00. The zero-order valence-corrected chi connectivity index (χ0v) is 12.0. The number of morpholine rings is 1. The molecular weight excluding hydrogens is 269 g/mol. The van der Waals surface area contributed by atoms with E-state index in [-0.39, 0.29) is 11.9 Å². The van der Waals surface area contributed by atoms with Crippen molar-refractivity contribution >= 4 is 5.69 Å². The van der Waals surface area contributed by atoms with Crippen LogP contribution >= 0.6 is 0 Å². The van der Waals surface area contributed by atoms with Gasteiger partial charge < -0.3 is 10.1 Å². The van der Waals surface area contributed by atoms with E-state index in [9.17, 15) is 4.39 Å². The molecule has 0 bridgehead atoms. The summed E-state index contributed by atoms with van der Waals surface area (Å²) in [6.07, 6.45) is 3.93. The highest BCUT2D eigenvalue weighted by Crippen LogP contribution is 2.23. The van der Waals surface area contributed by atoms with Crippen LogP contribution in [0.5, 0.6) is 0 Å². The summed E-state index contributed by atoms with van der Waals surface area (Å²) in [5.74, 6) is -0.387. The van der Waals surface area contributed by atoms with E-state index in [1.807, 2.05) is 6.07 Å². The topological polar surface area (TPSA) is 48.3 Å². The van der Waals surface area contributed by atoms with Crippen LogP contribution < -0.4 is 5.32 Å². The first-order valence-electron chi connectivity index (χ1n) is 7.55. The number of rotatable bonds is 3. The standard InChI is InChI=1S/C16H20FN3O/c17-13-4-5-16(12(7-13)8-18)19-9-15-10-20-6-2-1-3-14(20)11-21-15/h4-5,7,14-15,19H,1-3,6,9-11H2/t14-,15+/m0/s1. The predicted octanol–water partition coefficient (Wildman–Crippen LogP) is 2.36. The maximum Gasteiger partial charge on any atom is 0.124 e. The molecule has 3 rings (SSSR count). The van der Waals surface area contributed by atoms with Crippen molar-refractivity contribution < 1.29 is 9.13 Å². The Morgan fingerprint density at radius 2 is 2.33 bits per heavy atom. The number of fused-ring (bicyclic) bond motifs is 1. The highest BCUT2D eigenvalue weighted by Gasteiger charge is 2.30. The first kappa shape index (κ1) is 14.3. The van der Waals surface area contributed by atoms with E-state index in [1.54, 1.807) is 6.07 Å².